The van der Waals surface area contributed by atoms with Crippen LogP contribution >= 0.6 is 0 Å². The lowest BCUT2D eigenvalue weighted by Gasteiger charge is -2.12. The molecule has 0 unspecified atom stereocenters. The predicted molar refractivity (Wildman–Crippen MR) is 75.2 cm³/mol. The fourth-order valence-corrected chi connectivity index (χ4v) is 1.85. The topological polar surface area (TPSA) is 35.2 Å². The van der Waals surface area contributed by atoms with Crippen molar-refractivity contribution in [3.63, 3.8) is 0 Å². The van der Waals surface area contributed by atoms with E-state index in [4.69, 9.17) is 10.5 Å². The molecular weight excluding hydrogens is 241 g/mol. The molecule has 2 aromatic rings. The van der Waals surface area contributed by atoms with Gasteiger partial charge in [-0.05, 0) is 17.2 Å². The van der Waals surface area contributed by atoms with E-state index in [1.807, 2.05) is 24.3 Å². The Hall–Kier alpha value is -2.13. The summed E-state index contributed by atoms with van der Waals surface area (Å²) >= 11 is 0. The molecule has 2 rings (SSSR count). The van der Waals surface area contributed by atoms with Crippen LogP contribution in [-0.2, 0) is 13.2 Å². The normalized spacial score (nSPS) is 10.2. The number of benzene rings is 2. The summed E-state index contributed by atoms with van der Waals surface area (Å²) in [6.07, 6.45) is 1.77. The fourth-order valence-electron chi connectivity index (χ4n) is 1.85. The van der Waals surface area contributed by atoms with Gasteiger partial charge in [-0.1, -0.05) is 43.0 Å². The highest BCUT2D eigenvalue weighted by Crippen LogP contribution is 2.21. The molecule has 0 spiro atoms. The van der Waals surface area contributed by atoms with Crippen LogP contribution in [0, 0.1) is 5.82 Å². The van der Waals surface area contributed by atoms with Gasteiger partial charge in [0.25, 0.3) is 0 Å². The van der Waals surface area contributed by atoms with Crippen molar-refractivity contribution in [2.75, 3.05) is 0 Å². The van der Waals surface area contributed by atoms with Crippen molar-refractivity contribution < 1.29 is 9.13 Å². The Balaban J connectivity index is 2.18. The van der Waals surface area contributed by atoms with Crippen molar-refractivity contribution in [3.05, 3.63) is 71.6 Å². The van der Waals surface area contributed by atoms with E-state index in [1.165, 1.54) is 12.1 Å². The first-order valence-corrected chi connectivity index (χ1v) is 6.06. The molecule has 2 nitrogen and oxygen atoms in total. The van der Waals surface area contributed by atoms with Crippen LogP contribution in [0.1, 0.15) is 16.7 Å². The SMILES string of the molecule is C=Cc1ccccc1COc1cc(F)ccc1CN. The smallest absolute Gasteiger partial charge is 0.127 e. The summed E-state index contributed by atoms with van der Waals surface area (Å²) in [6.45, 7) is 4.44. The van der Waals surface area contributed by atoms with Crippen LogP contribution in [0.5, 0.6) is 5.75 Å². The van der Waals surface area contributed by atoms with E-state index in [-0.39, 0.29) is 5.82 Å². The first kappa shape index (κ1) is 13.3. The van der Waals surface area contributed by atoms with Crippen LogP contribution < -0.4 is 10.5 Å². The average molecular weight is 257 g/mol. The summed E-state index contributed by atoms with van der Waals surface area (Å²) in [5.41, 5.74) is 8.41. The van der Waals surface area contributed by atoms with Crippen molar-refractivity contribution >= 4 is 6.08 Å². The maximum absolute atomic E-state index is 13.2. The molecule has 0 aliphatic heterocycles. The highest BCUT2D eigenvalue weighted by Gasteiger charge is 2.06. The van der Waals surface area contributed by atoms with Crippen LogP contribution in [0.25, 0.3) is 6.08 Å². The zero-order chi connectivity index (χ0) is 13.7. The van der Waals surface area contributed by atoms with Gasteiger partial charge in [0.2, 0.25) is 0 Å². The minimum atomic E-state index is -0.329. The highest BCUT2D eigenvalue weighted by molar-refractivity contribution is 5.51. The van der Waals surface area contributed by atoms with E-state index < -0.39 is 0 Å². The van der Waals surface area contributed by atoms with E-state index in [0.717, 1.165) is 16.7 Å². The van der Waals surface area contributed by atoms with Crippen LogP contribution in [0.15, 0.2) is 49.0 Å². The Bertz CT molecular complexity index is 581. The van der Waals surface area contributed by atoms with Crippen molar-refractivity contribution in [3.8, 4) is 5.75 Å². The molecule has 0 aromatic heterocycles. The van der Waals surface area contributed by atoms with E-state index in [0.29, 0.717) is 18.9 Å². The van der Waals surface area contributed by atoms with E-state index in [2.05, 4.69) is 6.58 Å². The fraction of sp³-hybridized carbons (Fsp3) is 0.125. The van der Waals surface area contributed by atoms with Gasteiger partial charge in [0, 0.05) is 18.2 Å². The summed E-state index contributed by atoms with van der Waals surface area (Å²) in [6, 6.07) is 12.2. The number of hydrogen-bond acceptors (Lipinski definition) is 2. The molecule has 3 heteroatoms. The third kappa shape index (κ3) is 3.20. The van der Waals surface area contributed by atoms with Gasteiger partial charge >= 0.3 is 0 Å². The zero-order valence-corrected chi connectivity index (χ0v) is 10.6. The maximum atomic E-state index is 13.2. The Morgan fingerprint density at radius 2 is 1.95 bits per heavy atom. The number of ether oxygens (including phenoxy) is 1. The molecule has 0 amide bonds. The van der Waals surface area contributed by atoms with Crippen molar-refractivity contribution in [2.45, 2.75) is 13.2 Å². The molecule has 0 heterocycles. The van der Waals surface area contributed by atoms with Crippen molar-refractivity contribution in [2.24, 2.45) is 5.73 Å². The Labute approximate surface area is 112 Å². The summed E-state index contributed by atoms with van der Waals surface area (Å²) in [5.74, 6) is 0.158. The van der Waals surface area contributed by atoms with E-state index >= 15 is 0 Å². The van der Waals surface area contributed by atoms with Gasteiger partial charge in [0.05, 0.1) is 0 Å². The van der Waals surface area contributed by atoms with Gasteiger partial charge < -0.3 is 10.5 Å². The monoisotopic (exact) mass is 257 g/mol. The molecule has 0 fully saturated rings. The van der Waals surface area contributed by atoms with E-state index in [1.54, 1.807) is 12.1 Å². The van der Waals surface area contributed by atoms with Gasteiger partial charge in [-0.25, -0.2) is 4.39 Å². The van der Waals surface area contributed by atoms with Crippen molar-refractivity contribution in [1.29, 1.82) is 0 Å². The summed E-state index contributed by atoms with van der Waals surface area (Å²) in [5, 5.41) is 0. The second kappa shape index (κ2) is 6.16. The molecule has 0 bridgehead atoms. The van der Waals surface area contributed by atoms with Gasteiger partial charge in [-0.2, -0.15) is 0 Å². The second-order valence-corrected chi connectivity index (χ2v) is 4.15. The summed E-state index contributed by atoms with van der Waals surface area (Å²) in [4.78, 5) is 0. The van der Waals surface area contributed by atoms with Crippen LogP contribution in [-0.4, -0.2) is 0 Å². The lowest BCUT2D eigenvalue weighted by atomic mass is 10.1. The molecular formula is C16H16FNO. The van der Waals surface area contributed by atoms with Crippen LogP contribution in [0.3, 0.4) is 0 Å². The number of nitrogens with two attached hydrogens (primary N) is 1. The second-order valence-electron chi connectivity index (χ2n) is 4.15. The molecule has 0 saturated carbocycles. The minimum Gasteiger partial charge on any atom is -0.488 e. The van der Waals surface area contributed by atoms with Crippen molar-refractivity contribution in [1.82, 2.24) is 0 Å². The largest absolute Gasteiger partial charge is 0.488 e. The molecule has 19 heavy (non-hydrogen) atoms. The third-order valence-electron chi connectivity index (χ3n) is 2.91. The Morgan fingerprint density at radius 3 is 2.68 bits per heavy atom. The Kier molecular flexibility index (Phi) is 4.31. The highest BCUT2D eigenvalue weighted by atomic mass is 19.1. The molecule has 0 saturated heterocycles. The number of hydrogen-bond donors (Lipinski definition) is 1. The standard InChI is InChI=1S/C16H16FNO/c1-2-12-5-3-4-6-14(12)11-19-16-9-15(17)8-7-13(16)10-18/h2-9H,1,10-11,18H2. The quantitative estimate of drug-likeness (QED) is 0.889. The van der Waals surface area contributed by atoms with Gasteiger partial charge in [0.15, 0.2) is 0 Å². The lowest BCUT2D eigenvalue weighted by Crippen LogP contribution is -2.04. The minimum absolute atomic E-state index is 0.318. The molecule has 2 N–H and O–H groups in total. The molecule has 0 radical (unpaired) electrons. The molecule has 2 aromatic carbocycles. The van der Waals surface area contributed by atoms with Gasteiger partial charge in [-0.3, -0.25) is 0 Å². The molecule has 0 atom stereocenters. The van der Waals surface area contributed by atoms with Gasteiger partial charge in [-0.15, -0.1) is 0 Å². The number of halogens is 1. The number of rotatable bonds is 5. The van der Waals surface area contributed by atoms with E-state index in [9.17, 15) is 4.39 Å². The van der Waals surface area contributed by atoms with Gasteiger partial charge in [0.1, 0.15) is 18.2 Å². The molecule has 0 aliphatic carbocycles. The third-order valence-corrected chi connectivity index (χ3v) is 2.91. The molecule has 0 aliphatic rings. The van der Waals surface area contributed by atoms with Crippen LogP contribution in [0.2, 0.25) is 0 Å². The molecule has 98 valence electrons. The first-order chi connectivity index (χ1) is 9.24. The average Bonchev–Trinajstić information content (AvgIpc) is 2.45. The lowest BCUT2D eigenvalue weighted by molar-refractivity contribution is 0.301. The first-order valence-electron chi connectivity index (χ1n) is 6.06. The Morgan fingerprint density at radius 1 is 1.16 bits per heavy atom. The van der Waals surface area contributed by atoms with Crippen LogP contribution in [0.4, 0.5) is 4.39 Å². The summed E-state index contributed by atoms with van der Waals surface area (Å²) in [7, 11) is 0. The maximum Gasteiger partial charge on any atom is 0.127 e. The predicted octanol–water partition coefficient (Wildman–Crippen LogP) is 3.51. The zero-order valence-electron chi connectivity index (χ0n) is 10.6. The summed E-state index contributed by atoms with van der Waals surface area (Å²) < 4.78 is 18.9.